The van der Waals surface area contributed by atoms with Crippen molar-refractivity contribution in [1.29, 1.82) is 0 Å². The van der Waals surface area contributed by atoms with Gasteiger partial charge >= 0.3 is 6.18 Å². The number of para-hydroxylation sites is 1. The molecule has 0 saturated carbocycles. The molecule has 0 aliphatic heterocycles. The maximum absolute atomic E-state index is 12.7. The van der Waals surface area contributed by atoms with Crippen LogP contribution < -0.4 is 4.74 Å². The van der Waals surface area contributed by atoms with Crippen LogP contribution >= 0.6 is 11.8 Å². The SMILES string of the molecule is COCOc1c(SC)cccc1C(F)(F)F. The highest BCUT2D eigenvalue weighted by molar-refractivity contribution is 7.98. The Morgan fingerprint density at radius 2 is 2.00 bits per heavy atom. The standard InChI is InChI=1S/C10H11F3O2S/c1-14-6-15-9-7(10(11,12)13)4-3-5-8(9)16-2/h3-5H,6H2,1-2H3. The van der Waals surface area contributed by atoms with Crippen LogP contribution in [-0.2, 0) is 10.9 Å². The number of thioether (sulfide) groups is 1. The van der Waals surface area contributed by atoms with Gasteiger partial charge in [-0.25, -0.2) is 0 Å². The summed E-state index contributed by atoms with van der Waals surface area (Å²) in [6, 6.07) is 3.92. The average Bonchev–Trinajstić information content (AvgIpc) is 2.24. The van der Waals surface area contributed by atoms with E-state index in [-0.39, 0.29) is 12.5 Å². The summed E-state index contributed by atoms with van der Waals surface area (Å²) in [6.07, 6.45) is -2.73. The molecule has 0 bridgehead atoms. The van der Waals surface area contributed by atoms with E-state index in [2.05, 4.69) is 4.74 Å². The Morgan fingerprint density at radius 3 is 2.50 bits per heavy atom. The second-order valence-corrected chi connectivity index (χ2v) is 3.73. The van der Waals surface area contributed by atoms with Gasteiger partial charge in [-0.05, 0) is 18.4 Å². The quantitative estimate of drug-likeness (QED) is 0.604. The third kappa shape index (κ3) is 3.05. The van der Waals surface area contributed by atoms with Gasteiger partial charge in [0, 0.05) is 12.0 Å². The molecule has 0 N–H and O–H groups in total. The molecule has 0 aliphatic rings. The molecule has 0 aromatic heterocycles. The fourth-order valence-electron chi connectivity index (χ4n) is 1.17. The number of ether oxygens (including phenoxy) is 2. The smallest absolute Gasteiger partial charge is 0.420 e. The molecule has 0 spiro atoms. The number of methoxy groups -OCH3 is 1. The van der Waals surface area contributed by atoms with E-state index in [1.807, 2.05) is 0 Å². The molecule has 0 unspecified atom stereocenters. The number of hydrogen-bond donors (Lipinski definition) is 0. The molecular formula is C10H11F3O2S. The van der Waals surface area contributed by atoms with Crippen molar-refractivity contribution < 1.29 is 22.6 Å². The van der Waals surface area contributed by atoms with Crippen LogP contribution in [0.15, 0.2) is 23.1 Å². The predicted molar refractivity (Wildman–Crippen MR) is 55.7 cm³/mol. The van der Waals surface area contributed by atoms with Crippen molar-refractivity contribution in [2.24, 2.45) is 0 Å². The number of alkyl halides is 3. The van der Waals surface area contributed by atoms with Crippen LogP contribution in [0.5, 0.6) is 5.75 Å². The molecule has 1 aromatic carbocycles. The van der Waals surface area contributed by atoms with Gasteiger partial charge in [0.2, 0.25) is 0 Å². The molecule has 16 heavy (non-hydrogen) atoms. The topological polar surface area (TPSA) is 18.5 Å². The van der Waals surface area contributed by atoms with Gasteiger partial charge in [0.15, 0.2) is 6.79 Å². The summed E-state index contributed by atoms with van der Waals surface area (Å²) in [7, 11) is 1.36. The first-order valence-electron chi connectivity index (χ1n) is 4.36. The zero-order chi connectivity index (χ0) is 12.2. The fraction of sp³-hybridized carbons (Fsp3) is 0.400. The Labute approximate surface area is 95.7 Å². The van der Waals surface area contributed by atoms with E-state index in [1.165, 1.54) is 24.9 Å². The van der Waals surface area contributed by atoms with Crippen molar-refractivity contribution in [2.75, 3.05) is 20.2 Å². The fourth-order valence-corrected chi connectivity index (χ4v) is 1.74. The molecule has 0 saturated heterocycles. The molecule has 0 aliphatic carbocycles. The van der Waals surface area contributed by atoms with Crippen LogP contribution in [0.3, 0.4) is 0 Å². The lowest BCUT2D eigenvalue weighted by Crippen LogP contribution is -2.10. The second kappa shape index (κ2) is 5.45. The first-order chi connectivity index (χ1) is 7.50. The Balaban J connectivity index is 3.15. The molecule has 0 amide bonds. The van der Waals surface area contributed by atoms with Crippen molar-refractivity contribution in [1.82, 2.24) is 0 Å². The first-order valence-corrected chi connectivity index (χ1v) is 5.59. The van der Waals surface area contributed by atoms with E-state index in [9.17, 15) is 13.2 Å². The van der Waals surface area contributed by atoms with Gasteiger partial charge < -0.3 is 9.47 Å². The zero-order valence-corrected chi connectivity index (χ0v) is 9.61. The zero-order valence-electron chi connectivity index (χ0n) is 8.80. The third-order valence-electron chi connectivity index (χ3n) is 1.83. The van der Waals surface area contributed by atoms with E-state index >= 15 is 0 Å². The Bertz CT molecular complexity index is 352. The van der Waals surface area contributed by atoms with Gasteiger partial charge in [-0.3, -0.25) is 0 Å². The average molecular weight is 252 g/mol. The summed E-state index contributed by atoms with van der Waals surface area (Å²) in [6.45, 7) is -0.208. The molecule has 0 atom stereocenters. The Hall–Kier alpha value is -0.880. The van der Waals surface area contributed by atoms with E-state index in [0.717, 1.165) is 6.07 Å². The first kappa shape index (κ1) is 13.2. The lowest BCUT2D eigenvalue weighted by molar-refractivity contribution is -0.139. The minimum Gasteiger partial charge on any atom is -0.466 e. The van der Waals surface area contributed by atoms with Crippen LogP contribution in [0.1, 0.15) is 5.56 Å². The van der Waals surface area contributed by atoms with Crippen LogP contribution in [-0.4, -0.2) is 20.2 Å². The van der Waals surface area contributed by atoms with Crippen molar-refractivity contribution in [3.05, 3.63) is 23.8 Å². The molecule has 1 rings (SSSR count). The van der Waals surface area contributed by atoms with Gasteiger partial charge in [0.1, 0.15) is 5.75 Å². The lowest BCUT2D eigenvalue weighted by atomic mass is 10.2. The Morgan fingerprint density at radius 1 is 1.31 bits per heavy atom. The molecule has 2 nitrogen and oxygen atoms in total. The van der Waals surface area contributed by atoms with Crippen LogP contribution in [0.4, 0.5) is 13.2 Å². The van der Waals surface area contributed by atoms with Gasteiger partial charge in [-0.15, -0.1) is 11.8 Å². The second-order valence-electron chi connectivity index (χ2n) is 2.89. The maximum atomic E-state index is 12.7. The normalized spacial score (nSPS) is 11.6. The van der Waals surface area contributed by atoms with E-state index in [0.29, 0.717) is 4.90 Å². The highest BCUT2D eigenvalue weighted by Crippen LogP contribution is 2.40. The summed E-state index contributed by atoms with van der Waals surface area (Å²) in [5.41, 5.74) is -0.781. The molecule has 0 radical (unpaired) electrons. The Kier molecular flexibility index (Phi) is 4.49. The van der Waals surface area contributed by atoms with E-state index < -0.39 is 11.7 Å². The number of halogens is 3. The van der Waals surface area contributed by atoms with Crippen molar-refractivity contribution in [2.45, 2.75) is 11.1 Å². The lowest BCUT2D eigenvalue weighted by Gasteiger charge is -2.15. The number of hydrogen-bond acceptors (Lipinski definition) is 3. The monoisotopic (exact) mass is 252 g/mol. The minimum atomic E-state index is -4.42. The summed E-state index contributed by atoms with van der Waals surface area (Å²) in [5.74, 6) is -0.177. The molecule has 0 heterocycles. The van der Waals surface area contributed by atoms with Crippen LogP contribution in [0.2, 0.25) is 0 Å². The van der Waals surface area contributed by atoms with Crippen molar-refractivity contribution in [3.63, 3.8) is 0 Å². The largest absolute Gasteiger partial charge is 0.466 e. The minimum absolute atomic E-state index is 0.177. The highest BCUT2D eigenvalue weighted by Gasteiger charge is 2.35. The summed E-state index contributed by atoms with van der Waals surface area (Å²) >= 11 is 1.20. The number of benzene rings is 1. The number of rotatable bonds is 4. The van der Waals surface area contributed by atoms with Crippen molar-refractivity contribution >= 4 is 11.8 Å². The summed E-state index contributed by atoms with van der Waals surface area (Å²) < 4.78 is 47.6. The molecule has 6 heteroatoms. The van der Waals surface area contributed by atoms with Gasteiger partial charge in [-0.2, -0.15) is 13.2 Å². The molecule has 1 aromatic rings. The maximum Gasteiger partial charge on any atom is 0.420 e. The van der Waals surface area contributed by atoms with Gasteiger partial charge in [0.05, 0.1) is 5.56 Å². The van der Waals surface area contributed by atoms with Crippen LogP contribution in [0, 0.1) is 0 Å². The van der Waals surface area contributed by atoms with Gasteiger partial charge in [-0.1, -0.05) is 6.07 Å². The van der Waals surface area contributed by atoms with E-state index in [1.54, 1.807) is 12.3 Å². The molecule has 90 valence electrons. The summed E-state index contributed by atoms with van der Waals surface area (Å²) in [4.78, 5) is 0.437. The molecule has 0 fully saturated rings. The summed E-state index contributed by atoms with van der Waals surface area (Å²) in [5, 5.41) is 0. The molecular weight excluding hydrogens is 241 g/mol. The van der Waals surface area contributed by atoms with Crippen molar-refractivity contribution in [3.8, 4) is 5.75 Å². The third-order valence-corrected chi connectivity index (χ3v) is 2.59. The highest BCUT2D eigenvalue weighted by atomic mass is 32.2. The van der Waals surface area contributed by atoms with Gasteiger partial charge in [0.25, 0.3) is 0 Å². The van der Waals surface area contributed by atoms with Crippen LogP contribution in [0.25, 0.3) is 0 Å². The van der Waals surface area contributed by atoms with E-state index in [4.69, 9.17) is 4.74 Å². The predicted octanol–water partition coefficient (Wildman–Crippen LogP) is 3.41.